The maximum absolute atomic E-state index is 13.5. The summed E-state index contributed by atoms with van der Waals surface area (Å²) in [6.07, 6.45) is 6.25. The smallest absolute Gasteiger partial charge is 0.154 e. The average Bonchev–Trinajstić information content (AvgIpc) is 2.88. The van der Waals surface area contributed by atoms with E-state index in [1.807, 2.05) is 6.07 Å². The Morgan fingerprint density at radius 3 is 2.95 bits per heavy atom. The Morgan fingerprint density at radius 1 is 1.35 bits per heavy atom. The van der Waals surface area contributed by atoms with E-state index in [-0.39, 0.29) is 17.6 Å². The lowest BCUT2D eigenvalue weighted by Crippen LogP contribution is -2.37. The molecule has 20 heavy (non-hydrogen) atoms. The number of halogens is 2. The van der Waals surface area contributed by atoms with E-state index in [2.05, 4.69) is 21.2 Å². The van der Waals surface area contributed by atoms with Crippen LogP contribution in [-0.4, -0.2) is 17.9 Å². The summed E-state index contributed by atoms with van der Waals surface area (Å²) in [5, 5.41) is 3.49. The van der Waals surface area contributed by atoms with Crippen molar-refractivity contribution in [2.45, 2.75) is 50.6 Å². The van der Waals surface area contributed by atoms with Crippen molar-refractivity contribution < 1.29 is 9.18 Å². The standard InChI is InChI=1S/C16H19BrFNO/c17-16-11(5-3-6-12(16)18)9-15(20)14-8-10-4-1-2-7-13(10)19-14/h3,5-6,10,13-14,19H,1-2,4,7-9H2. The number of hydrogen-bond acceptors (Lipinski definition) is 2. The largest absolute Gasteiger partial charge is 0.304 e. The zero-order chi connectivity index (χ0) is 14.1. The Labute approximate surface area is 127 Å². The van der Waals surface area contributed by atoms with Crippen molar-refractivity contribution in [3.8, 4) is 0 Å². The Balaban J connectivity index is 1.66. The highest BCUT2D eigenvalue weighted by molar-refractivity contribution is 9.10. The summed E-state index contributed by atoms with van der Waals surface area (Å²) in [6.45, 7) is 0. The summed E-state index contributed by atoms with van der Waals surface area (Å²) < 4.78 is 13.9. The van der Waals surface area contributed by atoms with Crippen molar-refractivity contribution in [1.82, 2.24) is 5.32 Å². The van der Waals surface area contributed by atoms with Crippen LogP contribution in [0.3, 0.4) is 0 Å². The van der Waals surface area contributed by atoms with E-state index in [9.17, 15) is 9.18 Å². The minimum absolute atomic E-state index is 0.0433. The molecule has 4 heteroatoms. The van der Waals surface area contributed by atoms with Gasteiger partial charge in [0.1, 0.15) is 5.82 Å². The van der Waals surface area contributed by atoms with Crippen LogP contribution in [0.25, 0.3) is 0 Å². The highest BCUT2D eigenvalue weighted by Gasteiger charge is 2.37. The molecule has 1 saturated heterocycles. The average molecular weight is 340 g/mol. The molecule has 2 fully saturated rings. The van der Waals surface area contributed by atoms with Gasteiger partial charge >= 0.3 is 0 Å². The molecule has 0 amide bonds. The molecule has 3 atom stereocenters. The van der Waals surface area contributed by atoms with Crippen molar-refractivity contribution in [2.75, 3.05) is 0 Å². The van der Waals surface area contributed by atoms with Gasteiger partial charge in [0.25, 0.3) is 0 Å². The van der Waals surface area contributed by atoms with Gasteiger partial charge in [0.05, 0.1) is 10.5 Å². The molecule has 0 spiro atoms. The number of fused-ring (bicyclic) bond motifs is 1. The molecule has 1 saturated carbocycles. The quantitative estimate of drug-likeness (QED) is 0.911. The van der Waals surface area contributed by atoms with Crippen LogP contribution >= 0.6 is 15.9 Å². The third kappa shape index (κ3) is 2.82. The van der Waals surface area contributed by atoms with E-state index in [0.29, 0.717) is 22.9 Å². The van der Waals surface area contributed by atoms with E-state index in [1.165, 1.54) is 31.7 Å². The first-order valence-corrected chi connectivity index (χ1v) is 8.16. The fourth-order valence-electron chi connectivity index (χ4n) is 3.56. The predicted octanol–water partition coefficient (Wildman–Crippen LogP) is 3.62. The number of ketones is 1. The van der Waals surface area contributed by atoms with Crippen LogP contribution in [0, 0.1) is 11.7 Å². The van der Waals surface area contributed by atoms with Gasteiger partial charge in [0.2, 0.25) is 0 Å². The van der Waals surface area contributed by atoms with Gasteiger partial charge in [-0.05, 0) is 52.7 Å². The molecule has 0 radical (unpaired) electrons. The Morgan fingerprint density at radius 2 is 2.15 bits per heavy atom. The van der Waals surface area contributed by atoms with Crippen molar-refractivity contribution in [3.63, 3.8) is 0 Å². The molecule has 1 aliphatic carbocycles. The molecule has 0 aromatic heterocycles. The first-order valence-electron chi connectivity index (χ1n) is 7.37. The normalized spacial score (nSPS) is 29.2. The molecule has 1 aromatic rings. The summed E-state index contributed by atoms with van der Waals surface area (Å²) in [5.41, 5.74) is 0.742. The Hall–Kier alpha value is -0.740. The fourth-order valence-corrected chi connectivity index (χ4v) is 3.96. The second-order valence-corrected chi connectivity index (χ2v) is 6.76. The van der Waals surface area contributed by atoms with Crippen molar-refractivity contribution in [2.24, 2.45) is 5.92 Å². The second-order valence-electron chi connectivity index (χ2n) is 5.96. The summed E-state index contributed by atoms with van der Waals surface area (Å²) in [4.78, 5) is 12.4. The lowest BCUT2D eigenvalue weighted by atomic mass is 9.84. The molecule has 2 aliphatic rings. The molecule has 1 aromatic carbocycles. The number of nitrogens with one attached hydrogen (secondary N) is 1. The van der Waals surface area contributed by atoms with Gasteiger partial charge in [-0.2, -0.15) is 0 Å². The minimum Gasteiger partial charge on any atom is -0.304 e. The number of rotatable bonds is 3. The topological polar surface area (TPSA) is 29.1 Å². The van der Waals surface area contributed by atoms with Gasteiger partial charge in [-0.25, -0.2) is 4.39 Å². The molecule has 108 valence electrons. The van der Waals surface area contributed by atoms with E-state index >= 15 is 0 Å². The third-order valence-corrected chi connectivity index (χ3v) is 5.54. The zero-order valence-corrected chi connectivity index (χ0v) is 13.0. The van der Waals surface area contributed by atoms with Gasteiger partial charge in [-0.3, -0.25) is 4.79 Å². The first kappa shape index (κ1) is 14.2. The fraction of sp³-hybridized carbons (Fsp3) is 0.562. The number of benzene rings is 1. The molecule has 3 unspecified atom stereocenters. The van der Waals surface area contributed by atoms with E-state index in [0.717, 1.165) is 12.0 Å². The number of Topliss-reactive ketones (excluding diaryl/α,β-unsaturated/α-hetero) is 1. The lowest BCUT2D eigenvalue weighted by molar-refractivity contribution is -0.120. The number of hydrogen-bond donors (Lipinski definition) is 1. The monoisotopic (exact) mass is 339 g/mol. The van der Waals surface area contributed by atoms with Crippen LogP contribution in [0.4, 0.5) is 4.39 Å². The molecule has 1 heterocycles. The first-order chi connectivity index (χ1) is 9.65. The van der Waals surface area contributed by atoms with Gasteiger partial charge in [-0.1, -0.05) is 25.0 Å². The summed E-state index contributed by atoms with van der Waals surface area (Å²) in [7, 11) is 0. The molecule has 1 aliphatic heterocycles. The highest BCUT2D eigenvalue weighted by Crippen LogP contribution is 2.34. The van der Waals surface area contributed by atoms with E-state index in [4.69, 9.17) is 0 Å². The van der Waals surface area contributed by atoms with Gasteiger partial charge in [0.15, 0.2) is 5.78 Å². The summed E-state index contributed by atoms with van der Waals surface area (Å²) in [5.74, 6) is 0.544. The Kier molecular flexibility index (Phi) is 4.22. The van der Waals surface area contributed by atoms with Crippen LogP contribution in [0.2, 0.25) is 0 Å². The lowest BCUT2D eigenvalue weighted by Gasteiger charge is -2.24. The molecule has 2 nitrogen and oxygen atoms in total. The van der Waals surface area contributed by atoms with E-state index < -0.39 is 0 Å². The minimum atomic E-state index is -0.302. The molecule has 1 N–H and O–H groups in total. The third-order valence-electron chi connectivity index (χ3n) is 4.65. The molecular weight excluding hydrogens is 321 g/mol. The maximum atomic E-state index is 13.5. The molecule has 3 rings (SSSR count). The summed E-state index contributed by atoms with van der Waals surface area (Å²) >= 11 is 3.23. The van der Waals surface area contributed by atoms with Crippen LogP contribution < -0.4 is 5.32 Å². The van der Waals surface area contributed by atoms with Gasteiger partial charge in [-0.15, -0.1) is 0 Å². The van der Waals surface area contributed by atoms with Crippen molar-refractivity contribution >= 4 is 21.7 Å². The zero-order valence-electron chi connectivity index (χ0n) is 11.4. The van der Waals surface area contributed by atoms with Crippen LogP contribution in [0.1, 0.15) is 37.7 Å². The van der Waals surface area contributed by atoms with Crippen LogP contribution in [0.5, 0.6) is 0 Å². The molecular formula is C16H19BrFNO. The van der Waals surface area contributed by atoms with Crippen molar-refractivity contribution in [1.29, 1.82) is 0 Å². The SMILES string of the molecule is O=C(Cc1cccc(F)c1Br)C1CC2CCCCC2N1. The van der Waals surface area contributed by atoms with Crippen LogP contribution in [0.15, 0.2) is 22.7 Å². The number of carbonyl (C=O) groups is 1. The Bertz CT molecular complexity index is 505. The number of carbonyl (C=O) groups excluding carboxylic acids is 1. The summed E-state index contributed by atoms with van der Waals surface area (Å²) in [6, 6.07) is 5.35. The second kappa shape index (κ2) is 5.94. The molecule has 0 bridgehead atoms. The van der Waals surface area contributed by atoms with Gasteiger partial charge in [0, 0.05) is 12.5 Å². The maximum Gasteiger partial charge on any atom is 0.154 e. The van der Waals surface area contributed by atoms with Crippen LogP contribution in [-0.2, 0) is 11.2 Å². The predicted molar refractivity (Wildman–Crippen MR) is 80.1 cm³/mol. The van der Waals surface area contributed by atoms with E-state index in [1.54, 1.807) is 6.07 Å². The van der Waals surface area contributed by atoms with Crippen molar-refractivity contribution in [3.05, 3.63) is 34.1 Å². The highest BCUT2D eigenvalue weighted by atomic mass is 79.9. The van der Waals surface area contributed by atoms with Gasteiger partial charge < -0.3 is 5.32 Å².